The number of aliphatic hydroxyl groups excluding tert-OH is 2. The molecule has 9 nitrogen and oxygen atoms in total. The van der Waals surface area contributed by atoms with Gasteiger partial charge >= 0.3 is 11.9 Å². The summed E-state index contributed by atoms with van der Waals surface area (Å²) >= 11 is 0. The van der Waals surface area contributed by atoms with Crippen molar-refractivity contribution in [3.63, 3.8) is 0 Å². The first-order valence-electron chi connectivity index (χ1n) is 13.4. The molecule has 0 aromatic carbocycles. The molecule has 2 saturated heterocycles. The zero-order valence-electron chi connectivity index (χ0n) is 22.3. The Labute approximate surface area is 223 Å². The standard InChI is InChI=1S/C29H38O9/c1-18-8-10-28(16-30)23(12-18)37-24-14-22(27(28,3)29(24)17-36-29)38-25(32)7-5-4-6-21(19(2)31)34-11-9-20-13-26(33)35-15-20/h4-7,12-13,19,21-24,30-31H,8-11,14-17H2,1-3H3/b6-4+,7-5+/t19-,21+,22+,23-,24+,27+,28-,29-/m1/s1. The van der Waals surface area contributed by atoms with E-state index in [2.05, 4.69) is 19.9 Å². The first-order chi connectivity index (χ1) is 18.1. The SMILES string of the molecule is CC1=C[C@H]2O[C@H]3C[C@H](OC(=O)/C=C/C=C/[C@H](OCCC4=CC(=O)OC4)[C@@H](C)O)[C@@](C)([C@@]2(CO)CC1)[C@@]31CO1. The molecule has 38 heavy (non-hydrogen) atoms. The molecule has 1 spiro atoms. The molecular formula is C29H38O9. The Morgan fingerprint density at radius 3 is 2.79 bits per heavy atom. The predicted molar refractivity (Wildman–Crippen MR) is 136 cm³/mol. The van der Waals surface area contributed by atoms with Gasteiger partial charge in [0.05, 0.1) is 38.1 Å². The Morgan fingerprint density at radius 2 is 2.13 bits per heavy atom. The van der Waals surface area contributed by atoms with Crippen molar-refractivity contribution in [1.29, 1.82) is 0 Å². The van der Waals surface area contributed by atoms with E-state index in [1.54, 1.807) is 25.2 Å². The number of hydrogen-bond acceptors (Lipinski definition) is 9. The van der Waals surface area contributed by atoms with Gasteiger partial charge in [0.25, 0.3) is 0 Å². The maximum atomic E-state index is 12.9. The lowest BCUT2D eigenvalue weighted by atomic mass is 9.51. The Morgan fingerprint density at radius 1 is 1.34 bits per heavy atom. The summed E-state index contributed by atoms with van der Waals surface area (Å²) in [7, 11) is 0. The summed E-state index contributed by atoms with van der Waals surface area (Å²) in [6, 6.07) is 0. The van der Waals surface area contributed by atoms with Gasteiger partial charge in [0, 0.05) is 29.4 Å². The molecule has 0 aromatic heterocycles. The maximum absolute atomic E-state index is 12.9. The first kappa shape index (κ1) is 27.3. The largest absolute Gasteiger partial charge is 0.458 e. The van der Waals surface area contributed by atoms with Crippen molar-refractivity contribution in [1.82, 2.24) is 0 Å². The molecule has 0 radical (unpaired) electrons. The van der Waals surface area contributed by atoms with Gasteiger partial charge in [-0.05, 0) is 38.7 Å². The summed E-state index contributed by atoms with van der Waals surface area (Å²) in [6.07, 6.45) is 10.3. The van der Waals surface area contributed by atoms with E-state index in [-0.39, 0.29) is 31.4 Å². The average Bonchev–Trinajstić information content (AvgIpc) is 3.55. The molecule has 5 rings (SSSR count). The lowest BCUT2D eigenvalue weighted by molar-refractivity contribution is -0.228. The quantitative estimate of drug-likeness (QED) is 0.144. The van der Waals surface area contributed by atoms with Gasteiger partial charge in [0.1, 0.15) is 24.4 Å². The maximum Gasteiger partial charge on any atom is 0.331 e. The Kier molecular flexibility index (Phi) is 7.43. The fraction of sp³-hybridized carbons (Fsp3) is 0.655. The number of allylic oxidation sites excluding steroid dienone is 3. The predicted octanol–water partition coefficient (Wildman–Crippen LogP) is 2.32. The summed E-state index contributed by atoms with van der Waals surface area (Å²) in [5.41, 5.74) is 0.413. The highest BCUT2D eigenvalue weighted by Gasteiger charge is 2.82. The summed E-state index contributed by atoms with van der Waals surface area (Å²) in [5, 5.41) is 20.7. The van der Waals surface area contributed by atoms with E-state index in [0.29, 0.717) is 26.1 Å². The van der Waals surface area contributed by atoms with Gasteiger partial charge in [-0.3, -0.25) is 0 Å². The van der Waals surface area contributed by atoms with Crippen LogP contribution in [0.15, 0.2) is 47.6 Å². The number of aliphatic hydroxyl groups is 2. The fourth-order valence-corrected chi connectivity index (χ4v) is 6.89. The molecule has 2 aliphatic carbocycles. The third kappa shape index (κ3) is 4.48. The van der Waals surface area contributed by atoms with E-state index in [9.17, 15) is 19.8 Å². The van der Waals surface area contributed by atoms with E-state index in [0.717, 1.165) is 18.4 Å². The van der Waals surface area contributed by atoms with Gasteiger partial charge in [0.2, 0.25) is 0 Å². The molecule has 9 heteroatoms. The van der Waals surface area contributed by atoms with E-state index >= 15 is 0 Å². The van der Waals surface area contributed by atoms with Crippen LogP contribution in [-0.2, 0) is 33.3 Å². The number of cyclic esters (lactones) is 1. The van der Waals surface area contributed by atoms with Crippen molar-refractivity contribution >= 4 is 11.9 Å². The van der Waals surface area contributed by atoms with Crippen molar-refractivity contribution in [2.75, 3.05) is 26.4 Å². The molecule has 2 bridgehead atoms. The molecule has 0 unspecified atom stereocenters. The minimum absolute atomic E-state index is 0.0657. The zero-order chi connectivity index (χ0) is 27.1. The van der Waals surface area contributed by atoms with E-state index < -0.39 is 40.7 Å². The van der Waals surface area contributed by atoms with Crippen LogP contribution in [0.1, 0.15) is 46.5 Å². The zero-order valence-corrected chi connectivity index (χ0v) is 22.3. The molecule has 2 N–H and O–H groups in total. The van der Waals surface area contributed by atoms with Crippen molar-refractivity contribution < 1.29 is 43.5 Å². The second kappa shape index (κ2) is 10.4. The molecule has 208 valence electrons. The van der Waals surface area contributed by atoms with Crippen LogP contribution < -0.4 is 0 Å². The number of hydrogen-bond donors (Lipinski definition) is 2. The smallest absolute Gasteiger partial charge is 0.331 e. The lowest BCUT2D eigenvalue weighted by Crippen LogP contribution is -2.66. The van der Waals surface area contributed by atoms with Crippen LogP contribution in [0.25, 0.3) is 0 Å². The van der Waals surface area contributed by atoms with Crippen molar-refractivity contribution in [3.05, 3.63) is 47.6 Å². The van der Waals surface area contributed by atoms with Crippen LogP contribution in [-0.4, -0.2) is 84.7 Å². The van der Waals surface area contributed by atoms with Gasteiger partial charge < -0.3 is 33.9 Å². The summed E-state index contributed by atoms with van der Waals surface area (Å²) in [4.78, 5) is 24.0. The van der Waals surface area contributed by atoms with Gasteiger partial charge in [-0.2, -0.15) is 0 Å². The van der Waals surface area contributed by atoms with Crippen molar-refractivity contribution in [2.45, 2.75) is 82.6 Å². The third-order valence-electron chi connectivity index (χ3n) is 9.33. The van der Waals surface area contributed by atoms with Crippen LogP contribution in [0.2, 0.25) is 0 Å². The third-order valence-corrected chi connectivity index (χ3v) is 9.33. The molecular weight excluding hydrogens is 492 g/mol. The van der Waals surface area contributed by atoms with E-state index in [1.165, 1.54) is 17.7 Å². The van der Waals surface area contributed by atoms with Gasteiger partial charge in [-0.15, -0.1) is 0 Å². The van der Waals surface area contributed by atoms with Crippen LogP contribution in [0, 0.1) is 10.8 Å². The highest BCUT2D eigenvalue weighted by atomic mass is 16.6. The number of epoxide rings is 1. The fourth-order valence-electron chi connectivity index (χ4n) is 6.89. The highest BCUT2D eigenvalue weighted by molar-refractivity contribution is 5.85. The molecule has 0 amide bonds. The molecule has 1 saturated carbocycles. The first-order valence-corrected chi connectivity index (χ1v) is 13.4. The second-order valence-corrected chi connectivity index (χ2v) is 11.4. The molecule has 8 atom stereocenters. The number of carbonyl (C=O) groups is 2. The van der Waals surface area contributed by atoms with Crippen LogP contribution in [0.3, 0.4) is 0 Å². The van der Waals surface area contributed by atoms with Crippen LogP contribution in [0.4, 0.5) is 0 Å². The summed E-state index contributed by atoms with van der Waals surface area (Å²) in [5.74, 6) is -0.827. The molecule has 5 aliphatic rings. The summed E-state index contributed by atoms with van der Waals surface area (Å²) in [6.45, 7) is 6.87. The summed E-state index contributed by atoms with van der Waals surface area (Å²) < 4.78 is 29.1. The Balaban J connectivity index is 1.21. The molecule has 3 aliphatic heterocycles. The number of esters is 2. The lowest BCUT2D eigenvalue weighted by Gasteiger charge is -2.58. The van der Waals surface area contributed by atoms with Gasteiger partial charge in [-0.25, -0.2) is 9.59 Å². The minimum Gasteiger partial charge on any atom is -0.458 e. The topological polar surface area (TPSA) is 124 Å². The van der Waals surface area contributed by atoms with Gasteiger partial charge in [0.15, 0.2) is 0 Å². The monoisotopic (exact) mass is 530 g/mol. The van der Waals surface area contributed by atoms with Crippen LogP contribution in [0.5, 0.6) is 0 Å². The Bertz CT molecular complexity index is 1070. The normalized spacial score (nSPS) is 39.2. The van der Waals surface area contributed by atoms with Crippen LogP contribution >= 0.6 is 0 Å². The molecule has 3 fully saturated rings. The van der Waals surface area contributed by atoms with Crippen molar-refractivity contribution in [3.8, 4) is 0 Å². The van der Waals surface area contributed by atoms with E-state index in [1.807, 2.05) is 0 Å². The number of fused-ring (bicyclic) bond motifs is 2. The number of rotatable bonds is 10. The highest BCUT2D eigenvalue weighted by Crippen LogP contribution is 2.71. The van der Waals surface area contributed by atoms with Crippen molar-refractivity contribution in [2.24, 2.45) is 10.8 Å². The second-order valence-electron chi connectivity index (χ2n) is 11.4. The molecule has 3 heterocycles. The number of carbonyl (C=O) groups excluding carboxylic acids is 2. The number of ether oxygens (including phenoxy) is 5. The van der Waals surface area contributed by atoms with E-state index in [4.69, 9.17) is 23.7 Å². The Hall–Kier alpha value is -2.30. The average molecular weight is 531 g/mol. The minimum atomic E-state index is -0.759. The molecule has 0 aromatic rings. The van der Waals surface area contributed by atoms with Gasteiger partial charge in [-0.1, -0.05) is 36.8 Å².